The van der Waals surface area contributed by atoms with Crippen molar-refractivity contribution >= 4 is 11.6 Å². The number of fused-ring (bicyclic) bond motifs is 2. The second-order valence-corrected chi connectivity index (χ2v) is 6.35. The van der Waals surface area contributed by atoms with Gasteiger partial charge in [0.2, 0.25) is 6.79 Å². The maximum absolute atomic E-state index is 12.3. The summed E-state index contributed by atoms with van der Waals surface area (Å²) in [6.45, 7) is 1.32. The van der Waals surface area contributed by atoms with E-state index in [9.17, 15) is 9.90 Å². The van der Waals surface area contributed by atoms with Gasteiger partial charge in [-0.15, -0.1) is 0 Å². The van der Waals surface area contributed by atoms with Gasteiger partial charge in [-0.25, -0.2) is 0 Å². The van der Waals surface area contributed by atoms with Gasteiger partial charge >= 0.3 is 0 Å². The van der Waals surface area contributed by atoms with Crippen molar-refractivity contribution in [3.63, 3.8) is 0 Å². The SMILES string of the molecule is CN1CCc2cc([C@@H](O)CNC(=O)c3ccc4c(c3)OCO4)ccc21. The van der Waals surface area contributed by atoms with E-state index >= 15 is 0 Å². The number of amides is 1. The standard InChI is InChI=1S/C19H20N2O4/c1-21-7-6-12-8-13(2-4-15(12)21)16(22)10-20-19(23)14-3-5-17-18(9-14)25-11-24-17/h2-5,8-9,16,22H,6-7,10-11H2,1H3,(H,20,23)/t16-/m0/s1. The number of hydrogen-bond donors (Lipinski definition) is 2. The minimum Gasteiger partial charge on any atom is -0.454 e. The molecule has 6 heteroatoms. The monoisotopic (exact) mass is 340 g/mol. The van der Waals surface area contributed by atoms with Crippen molar-refractivity contribution in [2.45, 2.75) is 12.5 Å². The number of nitrogens with zero attached hydrogens (tertiary/aromatic N) is 1. The summed E-state index contributed by atoms with van der Waals surface area (Å²) < 4.78 is 10.5. The Bertz CT molecular complexity index is 821. The quantitative estimate of drug-likeness (QED) is 0.889. The third-order valence-electron chi connectivity index (χ3n) is 4.71. The van der Waals surface area contributed by atoms with Crippen LogP contribution in [0.4, 0.5) is 5.69 Å². The molecule has 2 heterocycles. The zero-order valence-corrected chi connectivity index (χ0v) is 14.0. The maximum Gasteiger partial charge on any atom is 0.251 e. The van der Waals surface area contributed by atoms with E-state index in [-0.39, 0.29) is 19.2 Å². The van der Waals surface area contributed by atoms with Crippen molar-refractivity contribution in [3.8, 4) is 11.5 Å². The summed E-state index contributed by atoms with van der Waals surface area (Å²) in [5.41, 5.74) is 3.74. The van der Waals surface area contributed by atoms with Crippen LogP contribution in [0, 0.1) is 0 Å². The van der Waals surface area contributed by atoms with Crippen molar-refractivity contribution in [2.75, 3.05) is 31.8 Å². The number of aliphatic hydroxyl groups is 1. The van der Waals surface area contributed by atoms with E-state index in [4.69, 9.17) is 9.47 Å². The smallest absolute Gasteiger partial charge is 0.251 e. The molecule has 0 fully saturated rings. The van der Waals surface area contributed by atoms with Gasteiger partial charge < -0.3 is 24.8 Å². The van der Waals surface area contributed by atoms with E-state index in [1.54, 1.807) is 18.2 Å². The Balaban J connectivity index is 1.40. The molecule has 2 N–H and O–H groups in total. The van der Waals surface area contributed by atoms with Gasteiger partial charge in [-0.05, 0) is 41.8 Å². The normalized spacial score (nSPS) is 15.8. The van der Waals surface area contributed by atoms with Gasteiger partial charge in [-0.3, -0.25) is 4.79 Å². The summed E-state index contributed by atoms with van der Waals surface area (Å²) in [6.07, 6.45) is 0.241. The average Bonchev–Trinajstić information content (AvgIpc) is 3.25. The number of likely N-dealkylation sites (N-methyl/N-ethyl adjacent to an activating group) is 1. The molecule has 1 atom stereocenters. The first-order valence-electron chi connectivity index (χ1n) is 8.32. The lowest BCUT2D eigenvalue weighted by Crippen LogP contribution is -2.28. The van der Waals surface area contributed by atoms with Crippen LogP contribution in [0.5, 0.6) is 11.5 Å². The number of hydrogen-bond acceptors (Lipinski definition) is 5. The molecule has 0 bridgehead atoms. The van der Waals surface area contributed by atoms with E-state index in [2.05, 4.69) is 17.3 Å². The Hall–Kier alpha value is -2.73. The number of carbonyl (C=O) groups excluding carboxylic acids is 1. The fraction of sp³-hybridized carbons (Fsp3) is 0.316. The van der Waals surface area contributed by atoms with Gasteiger partial charge in [0.15, 0.2) is 11.5 Å². The van der Waals surface area contributed by atoms with Crippen LogP contribution >= 0.6 is 0 Å². The van der Waals surface area contributed by atoms with Gasteiger partial charge in [0.1, 0.15) is 0 Å². The number of rotatable bonds is 4. The molecule has 0 saturated carbocycles. The van der Waals surface area contributed by atoms with E-state index in [1.165, 1.54) is 11.3 Å². The lowest BCUT2D eigenvalue weighted by Gasteiger charge is -2.15. The van der Waals surface area contributed by atoms with Crippen molar-refractivity contribution in [1.82, 2.24) is 5.32 Å². The highest BCUT2D eigenvalue weighted by Gasteiger charge is 2.19. The molecule has 6 nitrogen and oxygen atoms in total. The van der Waals surface area contributed by atoms with E-state index in [0.717, 1.165) is 18.5 Å². The van der Waals surface area contributed by atoms with Crippen LogP contribution in [0.25, 0.3) is 0 Å². The lowest BCUT2D eigenvalue weighted by atomic mass is 10.0. The number of nitrogens with one attached hydrogen (secondary N) is 1. The Kier molecular flexibility index (Phi) is 3.97. The first-order valence-corrected chi connectivity index (χ1v) is 8.32. The summed E-state index contributed by atoms with van der Waals surface area (Å²) in [5.74, 6) is 0.953. The molecule has 0 radical (unpaired) electrons. The summed E-state index contributed by atoms with van der Waals surface area (Å²) in [7, 11) is 2.06. The van der Waals surface area contributed by atoms with E-state index in [1.807, 2.05) is 18.2 Å². The second kappa shape index (κ2) is 6.29. The molecular formula is C19H20N2O4. The number of anilines is 1. The van der Waals surface area contributed by atoms with Crippen LogP contribution < -0.4 is 19.7 Å². The summed E-state index contributed by atoms with van der Waals surface area (Å²) >= 11 is 0. The molecule has 0 aliphatic carbocycles. The number of carbonyl (C=O) groups is 1. The molecule has 2 aliphatic rings. The predicted molar refractivity (Wildman–Crippen MR) is 93.3 cm³/mol. The van der Waals surface area contributed by atoms with Gasteiger partial charge in [0.05, 0.1) is 6.10 Å². The molecule has 2 aromatic carbocycles. The first kappa shape index (κ1) is 15.8. The first-order chi connectivity index (χ1) is 12.1. The molecule has 130 valence electrons. The molecule has 2 aromatic rings. The topological polar surface area (TPSA) is 71.0 Å². The van der Waals surface area contributed by atoms with Crippen LogP contribution in [-0.2, 0) is 6.42 Å². The maximum atomic E-state index is 12.3. The third-order valence-corrected chi connectivity index (χ3v) is 4.71. The van der Waals surface area contributed by atoms with Crippen molar-refractivity contribution in [3.05, 3.63) is 53.1 Å². The molecular weight excluding hydrogens is 320 g/mol. The Morgan fingerprint density at radius 2 is 2.08 bits per heavy atom. The van der Waals surface area contributed by atoms with E-state index in [0.29, 0.717) is 17.1 Å². The van der Waals surface area contributed by atoms with Crippen molar-refractivity contribution in [1.29, 1.82) is 0 Å². The van der Waals surface area contributed by atoms with Crippen molar-refractivity contribution < 1.29 is 19.4 Å². The fourth-order valence-electron chi connectivity index (χ4n) is 3.24. The van der Waals surface area contributed by atoms with Crippen molar-refractivity contribution in [2.24, 2.45) is 0 Å². The minimum atomic E-state index is -0.742. The molecule has 1 amide bonds. The Labute approximate surface area is 146 Å². The van der Waals surface area contributed by atoms with Crippen LogP contribution in [-0.4, -0.2) is 37.9 Å². The van der Waals surface area contributed by atoms with Gasteiger partial charge in [0.25, 0.3) is 5.91 Å². The molecule has 0 unspecified atom stereocenters. The van der Waals surface area contributed by atoms with Gasteiger partial charge in [-0.2, -0.15) is 0 Å². The predicted octanol–water partition coefficient (Wildman–Crippen LogP) is 1.87. The van der Waals surface area contributed by atoms with Crippen LogP contribution in [0.15, 0.2) is 36.4 Å². The fourth-order valence-corrected chi connectivity index (χ4v) is 3.24. The third kappa shape index (κ3) is 3.00. The average molecular weight is 340 g/mol. The number of aliphatic hydroxyl groups excluding tert-OH is 1. The zero-order valence-electron chi connectivity index (χ0n) is 14.0. The van der Waals surface area contributed by atoms with Crippen LogP contribution in [0.1, 0.15) is 27.6 Å². The largest absolute Gasteiger partial charge is 0.454 e. The molecule has 0 aromatic heterocycles. The Morgan fingerprint density at radius 1 is 1.24 bits per heavy atom. The molecule has 0 saturated heterocycles. The lowest BCUT2D eigenvalue weighted by molar-refractivity contribution is 0.0916. The highest BCUT2D eigenvalue weighted by molar-refractivity contribution is 5.94. The summed E-state index contributed by atoms with van der Waals surface area (Å²) in [6, 6.07) is 11.0. The Morgan fingerprint density at radius 3 is 2.96 bits per heavy atom. The summed E-state index contributed by atoms with van der Waals surface area (Å²) in [5, 5.41) is 13.2. The van der Waals surface area contributed by atoms with Gasteiger partial charge in [-0.1, -0.05) is 12.1 Å². The zero-order chi connectivity index (χ0) is 17.4. The van der Waals surface area contributed by atoms with Crippen LogP contribution in [0.2, 0.25) is 0 Å². The van der Waals surface area contributed by atoms with Gasteiger partial charge in [0, 0.05) is 31.4 Å². The minimum absolute atomic E-state index is 0.155. The van der Waals surface area contributed by atoms with Crippen LogP contribution in [0.3, 0.4) is 0 Å². The molecule has 0 spiro atoms. The highest BCUT2D eigenvalue weighted by Crippen LogP contribution is 2.32. The number of benzene rings is 2. The van der Waals surface area contributed by atoms with E-state index < -0.39 is 6.10 Å². The number of ether oxygens (including phenoxy) is 2. The summed E-state index contributed by atoms with van der Waals surface area (Å²) in [4.78, 5) is 14.5. The molecule has 4 rings (SSSR count). The molecule has 25 heavy (non-hydrogen) atoms. The highest BCUT2D eigenvalue weighted by atomic mass is 16.7. The second-order valence-electron chi connectivity index (χ2n) is 6.35. The molecule has 2 aliphatic heterocycles.